The van der Waals surface area contributed by atoms with E-state index in [4.69, 9.17) is 5.73 Å². The highest BCUT2D eigenvalue weighted by atomic mass is 16.2. The van der Waals surface area contributed by atoms with E-state index in [2.05, 4.69) is 10.3 Å². The van der Waals surface area contributed by atoms with E-state index in [1.165, 1.54) is 0 Å². The molecule has 2 aromatic rings. The summed E-state index contributed by atoms with van der Waals surface area (Å²) in [5.41, 5.74) is 7.69. The number of H-pyrrole nitrogens is 1. The monoisotopic (exact) mass is 343 g/mol. The van der Waals surface area contributed by atoms with Gasteiger partial charge in [-0.15, -0.1) is 0 Å². The number of hydrogen-bond acceptors (Lipinski definition) is 3. The largest absolute Gasteiger partial charge is 0.336 e. The third-order valence-corrected chi connectivity index (χ3v) is 5.68. The van der Waals surface area contributed by atoms with E-state index in [0.29, 0.717) is 19.6 Å². The van der Waals surface area contributed by atoms with Gasteiger partial charge < -0.3 is 20.9 Å². The number of fused-ring (bicyclic) bond motifs is 1. The minimum atomic E-state index is -0.203. The highest BCUT2D eigenvalue weighted by Crippen LogP contribution is 2.28. The minimum absolute atomic E-state index is 0.0403. The second-order valence-electron chi connectivity index (χ2n) is 7.41. The normalized spacial score (nSPS) is 20.4. The van der Waals surface area contributed by atoms with Gasteiger partial charge >= 0.3 is 11.7 Å². The SMILES string of the molecule is NC1(CNC(=O)N2CCC(n3c(=O)[nH]c4ccccc43)CC2)CCC1. The molecule has 7 heteroatoms. The maximum Gasteiger partial charge on any atom is 0.326 e. The molecule has 2 aliphatic rings. The number of carbonyl (C=O) groups is 1. The average molecular weight is 343 g/mol. The Morgan fingerprint density at radius 3 is 2.68 bits per heavy atom. The van der Waals surface area contributed by atoms with Gasteiger partial charge in [-0.05, 0) is 44.2 Å². The van der Waals surface area contributed by atoms with Gasteiger partial charge in [0.15, 0.2) is 0 Å². The molecule has 1 aromatic carbocycles. The zero-order valence-electron chi connectivity index (χ0n) is 14.3. The molecule has 4 rings (SSSR count). The lowest BCUT2D eigenvalue weighted by Crippen LogP contribution is -2.57. The van der Waals surface area contributed by atoms with Crippen molar-refractivity contribution in [2.45, 2.75) is 43.7 Å². The van der Waals surface area contributed by atoms with Crippen molar-refractivity contribution in [3.63, 3.8) is 0 Å². The molecule has 134 valence electrons. The molecular formula is C18H25N5O2. The number of hydrogen-bond donors (Lipinski definition) is 3. The molecule has 2 amide bonds. The van der Waals surface area contributed by atoms with Crippen LogP contribution in [-0.4, -0.2) is 45.7 Å². The molecule has 2 fully saturated rings. The number of benzene rings is 1. The third-order valence-electron chi connectivity index (χ3n) is 5.68. The lowest BCUT2D eigenvalue weighted by atomic mass is 9.78. The van der Waals surface area contributed by atoms with E-state index in [-0.39, 0.29) is 23.3 Å². The number of nitrogens with one attached hydrogen (secondary N) is 2. The van der Waals surface area contributed by atoms with Crippen LogP contribution in [0.1, 0.15) is 38.1 Å². The number of nitrogens with zero attached hydrogens (tertiary/aromatic N) is 2. The summed E-state index contributed by atoms with van der Waals surface area (Å²) in [4.78, 5) is 29.4. The second kappa shape index (κ2) is 6.22. The lowest BCUT2D eigenvalue weighted by Gasteiger charge is -2.39. The summed E-state index contributed by atoms with van der Waals surface area (Å²) in [6.07, 6.45) is 4.68. The number of amides is 2. The number of aromatic amines is 1. The Bertz CT molecular complexity index is 827. The van der Waals surface area contributed by atoms with E-state index in [9.17, 15) is 9.59 Å². The molecule has 0 unspecified atom stereocenters. The van der Waals surface area contributed by atoms with Crippen LogP contribution in [0.3, 0.4) is 0 Å². The predicted molar refractivity (Wildman–Crippen MR) is 96.6 cm³/mol. The van der Waals surface area contributed by atoms with Gasteiger partial charge in [0.1, 0.15) is 0 Å². The Hall–Kier alpha value is -2.28. The van der Waals surface area contributed by atoms with Gasteiger partial charge in [0.25, 0.3) is 0 Å². The van der Waals surface area contributed by atoms with Crippen molar-refractivity contribution in [1.29, 1.82) is 0 Å². The smallest absolute Gasteiger partial charge is 0.326 e. The minimum Gasteiger partial charge on any atom is -0.336 e. The summed E-state index contributed by atoms with van der Waals surface area (Å²) in [5, 5.41) is 2.97. The number of urea groups is 1. The van der Waals surface area contributed by atoms with E-state index in [1.54, 1.807) is 0 Å². The quantitative estimate of drug-likeness (QED) is 0.789. The summed E-state index contributed by atoms with van der Waals surface area (Å²) < 4.78 is 1.84. The van der Waals surface area contributed by atoms with Gasteiger partial charge in [-0.2, -0.15) is 0 Å². The van der Waals surface area contributed by atoms with Crippen molar-refractivity contribution in [3.8, 4) is 0 Å². The molecule has 0 spiro atoms. The van der Waals surface area contributed by atoms with Crippen molar-refractivity contribution in [1.82, 2.24) is 19.8 Å². The van der Waals surface area contributed by atoms with Crippen LogP contribution in [0.2, 0.25) is 0 Å². The fraction of sp³-hybridized carbons (Fsp3) is 0.556. The zero-order valence-corrected chi connectivity index (χ0v) is 14.3. The summed E-state index contributed by atoms with van der Waals surface area (Å²) >= 11 is 0. The van der Waals surface area contributed by atoms with E-state index in [0.717, 1.165) is 43.1 Å². The van der Waals surface area contributed by atoms with Crippen LogP contribution in [0.15, 0.2) is 29.1 Å². The van der Waals surface area contributed by atoms with Gasteiger partial charge in [-0.1, -0.05) is 12.1 Å². The van der Waals surface area contributed by atoms with Crippen LogP contribution >= 0.6 is 0 Å². The summed E-state index contributed by atoms with van der Waals surface area (Å²) in [5.74, 6) is 0. The predicted octanol–water partition coefficient (Wildman–Crippen LogP) is 1.56. The number of rotatable bonds is 3. The Kier molecular flexibility index (Phi) is 4.03. The molecule has 0 atom stereocenters. The maximum absolute atomic E-state index is 12.3. The Morgan fingerprint density at radius 2 is 2.00 bits per heavy atom. The van der Waals surface area contributed by atoms with Crippen molar-refractivity contribution in [2.75, 3.05) is 19.6 Å². The second-order valence-corrected chi connectivity index (χ2v) is 7.41. The van der Waals surface area contributed by atoms with E-state index >= 15 is 0 Å². The average Bonchev–Trinajstić information content (AvgIpc) is 2.94. The standard InChI is InChI=1S/C18H25N5O2/c19-18(8-3-9-18)12-20-16(24)22-10-6-13(7-11-22)23-15-5-2-1-4-14(15)21-17(23)25/h1-2,4-5,13H,3,6-12,19H2,(H,20,24)(H,21,25). The fourth-order valence-corrected chi connectivity index (χ4v) is 3.94. The fourth-order valence-electron chi connectivity index (χ4n) is 3.94. The molecule has 7 nitrogen and oxygen atoms in total. The third kappa shape index (κ3) is 3.04. The molecule has 1 aromatic heterocycles. The first-order valence-electron chi connectivity index (χ1n) is 9.07. The van der Waals surface area contributed by atoms with Gasteiger partial charge in [0.2, 0.25) is 0 Å². The molecule has 25 heavy (non-hydrogen) atoms. The first-order chi connectivity index (χ1) is 12.1. The number of imidazole rings is 1. The van der Waals surface area contributed by atoms with Crippen LogP contribution in [0, 0.1) is 0 Å². The summed E-state index contributed by atoms with van der Waals surface area (Å²) in [6.45, 7) is 1.85. The van der Waals surface area contributed by atoms with Gasteiger partial charge in [0.05, 0.1) is 11.0 Å². The summed E-state index contributed by atoms with van der Waals surface area (Å²) in [6, 6.07) is 7.83. The number of piperidine rings is 1. The Balaban J connectivity index is 1.38. The van der Waals surface area contributed by atoms with Crippen LogP contribution in [0.5, 0.6) is 0 Å². The molecule has 1 saturated heterocycles. The molecular weight excluding hydrogens is 318 g/mol. The number of para-hydroxylation sites is 2. The molecule has 0 radical (unpaired) electrons. The van der Waals surface area contributed by atoms with Crippen LogP contribution in [0.25, 0.3) is 11.0 Å². The van der Waals surface area contributed by atoms with Crippen molar-refractivity contribution < 1.29 is 4.79 Å². The molecule has 0 bridgehead atoms. The van der Waals surface area contributed by atoms with Gasteiger partial charge in [0, 0.05) is 31.2 Å². The highest BCUT2D eigenvalue weighted by Gasteiger charge is 2.33. The van der Waals surface area contributed by atoms with Crippen molar-refractivity contribution in [2.24, 2.45) is 5.73 Å². The van der Waals surface area contributed by atoms with Crippen LogP contribution in [-0.2, 0) is 0 Å². The molecule has 4 N–H and O–H groups in total. The first kappa shape index (κ1) is 16.2. The van der Waals surface area contributed by atoms with E-state index in [1.807, 2.05) is 33.7 Å². The first-order valence-corrected chi connectivity index (χ1v) is 9.07. The van der Waals surface area contributed by atoms with Crippen molar-refractivity contribution >= 4 is 17.1 Å². The number of likely N-dealkylation sites (tertiary alicyclic amines) is 1. The molecule has 1 aliphatic heterocycles. The number of nitrogens with two attached hydrogens (primary N) is 1. The topological polar surface area (TPSA) is 96.2 Å². The molecule has 2 heterocycles. The highest BCUT2D eigenvalue weighted by molar-refractivity contribution is 5.75. The van der Waals surface area contributed by atoms with Crippen LogP contribution in [0.4, 0.5) is 4.79 Å². The lowest BCUT2D eigenvalue weighted by molar-refractivity contribution is 0.163. The van der Waals surface area contributed by atoms with Crippen LogP contribution < -0.4 is 16.7 Å². The van der Waals surface area contributed by atoms with Gasteiger partial charge in [-0.25, -0.2) is 9.59 Å². The van der Waals surface area contributed by atoms with Crippen molar-refractivity contribution in [3.05, 3.63) is 34.7 Å². The Labute approximate surface area is 146 Å². The molecule has 1 aliphatic carbocycles. The number of aromatic nitrogens is 2. The maximum atomic E-state index is 12.3. The molecule has 1 saturated carbocycles. The number of carbonyl (C=O) groups excluding carboxylic acids is 1. The van der Waals surface area contributed by atoms with E-state index < -0.39 is 0 Å². The van der Waals surface area contributed by atoms with Gasteiger partial charge in [-0.3, -0.25) is 4.57 Å². The Morgan fingerprint density at radius 1 is 1.28 bits per heavy atom. The summed E-state index contributed by atoms with van der Waals surface area (Å²) in [7, 11) is 0. The zero-order chi connectivity index (χ0) is 17.4.